The van der Waals surface area contributed by atoms with Gasteiger partial charge in [-0.3, -0.25) is 0 Å². The minimum Gasteiger partial charge on any atom is -0.463 e. The first-order chi connectivity index (χ1) is 9.11. The maximum atomic E-state index is 11.3. The van der Waals surface area contributed by atoms with Crippen LogP contribution in [0.25, 0.3) is 0 Å². The summed E-state index contributed by atoms with van der Waals surface area (Å²) in [6.07, 6.45) is 2.84. The van der Waals surface area contributed by atoms with Crippen LogP contribution in [0, 0.1) is 0 Å². The van der Waals surface area contributed by atoms with Crippen molar-refractivity contribution < 1.29 is 19.1 Å². The van der Waals surface area contributed by atoms with E-state index in [2.05, 4.69) is 0 Å². The molecule has 0 bridgehead atoms. The van der Waals surface area contributed by atoms with Gasteiger partial charge in [-0.2, -0.15) is 0 Å². The number of rotatable bonds is 6. The molecule has 0 aliphatic heterocycles. The Morgan fingerprint density at radius 1 is 1.11 bits per heavy atom. The van der Waals surface area contributed by atoms with Crippen LogP contribution in [-0.2, 0) is 25.7 Å². The van der Waals surface area contributed by atoms with Crippen LogP contribution in [-0.4, -0.2) is 18.5 Å². The normalized spacial score (nSPS) is 10.4. The highest BCUT2D eigenvalue weighted by molar-refractivity contribution is 6.30. The summed E-state index contributed by atoms with van der Waals surface area (Å²) in [5.74, 6) is -1.14. The lowest BCUT2D eigenvalue weighted by molar-refractivity contribution is -0.141. The molecule has 0 atom stereocenters. The summed E-state index contributed by atoms with van der Waals surface area (Å²) in [6, 6.07) is 6.94. The largest absolute Gasteiger partial charge is 0.463 e. The van der Waals surface area contributed by atoms with Crippen molar-refractivity contribution in [2.75, 3.05) is 6.61 Å². The Morgan fingerprint density at radius 2 is 1.68 bits per heavy atom. The Bertz CT molecular complexity index is 451. The van der Waals surface area contributed by atoms with E-state index in [4.69, 9.17) is 21.1 Å². The molecule has 19 heavy (non-hydrogen) atoms. The van der Waals surface area contributed by atoms with Gasteiger partial charge in [-0.1, -0.05) is 30.7 Å². The molecule has 0 aliphatic rings. The molecule has 0 heterocycles. The van der Waals surface area contributed by atoms with Gasteiger partial charge in [0.1, 0.15) is 6.61 Å². The Morgan fingerprint density at radius 3 is 2.26 bits per heavy atom. The Hall–Kier alpha value is -1.81. The van der Waals surface area contributed by atoms with Crippen LogP contribution < -0.4 is 0 Å². The van der Waals surface area contributed by atoms with Crippen molar-refractivity contribution in [2.24, 2.45) is 0 Å². The predicted molar refractivity (Wildman–Crippen MR) is 71.6 cm³/mol. The van der Waals surface area contributed by atoms with Gasteiger partial charge in [-0.15, -0.1) is 0 Å². The molecule has 0 N–H and O–H groups in total. The van der Waals surface area contributed by atoms with Crippen LogP contribution in [0.5, 0.6) is 0 Å². The van der Waals surface area contributed by atoms with Crippen molar-refractivity contribution >= 4 is 23.5 Å². The zero-order valence-corrected chi connectivity index (χ0v) is 11.4. The van der Waals surface area contributed by atoms with Gasteiger partial charge in [0.2, 0.25) is 0 Å². The lowest BCUT2D eigenvalue weighted by Crippen LogP contribution is -2.05. The highest BCUT2D eigenvalue weighted by atomic mass is 35.5. The minimum atomic E-state index is -0.594. The van der Waals surface area contributed by atoms with Crippen molar-refractivity contribution in [3.63, 3.8) is 0 Å². The van der Waals surface area contributed by atoms with Gasteiger partial charge in [-0.05, 0) is 24.1 Å². The smallest absolute Gasteiger partial charge is 0.331 e. The molecule has 4 nitrogen and oxygen atoms in total. The summed E-state index contributed by atoms with van der Waals surface area (Å²) in [6.45, 7) is 2.35. The van der Waals surface area contributed by atoms with Crippen LogP contribution in [0.15, 0.2) is 36.4 Å². The standard InChI is InChI=1S/C14H15ClO4/c1-2-9-18-13(16)7-8-14(17)19-10-11-3-5-12(15)6-4-11/h3-8H,2,9-10H2,1H3/b8-7+. The highest BCUT2D eigenvalue weighted by Crippen LogP contribution is 2.10. The lowest BCUT2D eigenvalue weighted by Gasteiger charge is -2.02. The fourth-order valence-corrected chi connectivity index (χ4v) is 1.30. The van der Waals surface area contributed by atoms with Crippen molar-refractivity contribution in [2.45, 2.75) is 20.0 Å². The molecule has 102 valence electrons. The van der Waals surface area contributed by atoms with Gasteiger partial charge in [0.05, 0.1) is 6.61 Å². The fraction of sp³-hybridized carbons (Fsp3) is 0.286. The zero-order valence-electron chi connectivity index (χ0n) is 10.6. The highest BCUT2D eigenvalue weighted by Gasteiger charge is 2.01. The van der Waals surface area contributed by atoms with Crippen LogP contribution in [0.3, 0.4) is 0 Å². The minimum absolute atomic E-state index is 0.129. The van der Waals surface area contributed by atoms with E-state index < -0.39 is 11.9 Å². The lowest BCUT2D eigenvalue weighted by atomic mass is 10.2. The van der Waals surface area contributed by atoms with E-state index in [0.717, 1.165) is 24.1 Å². The number of benzene rings is 1. The molecule has 5 heteroatoms. The quantitative estimate of drug-likeness (QED) is 0.595. The van der Waals surface area contributed by atoms with E-state index in [-0.39, 0.29) is 6.61 Å². The number of halogens is 1. The molecule has 0 amide bonds. The fourth-order valence-electron chi connectivity index (χ4n) is 1.17. The summed E-state index contributed by atoms with van der Waals surface area (Å²) in [5.41, 5.74) is 0.819. The van der Waals surface area contributed by atoms with Gasteiger partial charge < -0.3 is 9.47 Å². The van der Waals surface area contributed by atoms with Crippen LogP contribution in [0.4, 0.5) is 0 Å². The number of hydrogen-bond donors (Lipinski definition) is 0. The Labute approximate surface area is 117 Å². The maximum absolute atomic E-state index is 11.3. The SMILES string of the molecule is CCCOC(=O)/C=C/C(=O)OCc1ccc(Cl)cc1. The maximum Gasteiger partial charge on any atom is 0.331 e. The van der Waals surface area contributed by atoms with Crippen molar-refractivity contribution in [3.8, 4) is 0 Å². The van der Waals surface area contributed by atoms with E-state index in [1.165, 1.54) is 0 Å². The van der Waals surface area contributed by atoms with Gasteiger partial charge in [0, 0.05) is 17.2 Å². The van der Waals surface area contributed by atoms with Gasteiger partial charge in [-0.25, -0.2) is 9.59 Å². The first-order valence-electron chi connectivity index (χ1n) is 5.88. The Kier molecular flexibility index (Phi) is 6.68. The average molecular weight is 283 g/mol. The Balaban J connectivity index is 2.33. The molecule has 1 aromatic rings. The monoisotopic (exact) mass is 282 g/mol. The van der Waals surface area contributed by atoms with Crippen molar-refractivity contribution in [3.05, 3.63) is 47.0 Å². The summed E-state index contributed by atoms with van der Waals surface area (Å²) < 4.78 is 9.72. The van der Waals surface area contributed by atoms with Gasteiger partial charge in [0.15, 0.2) is 0 Å². The summed E-state index contributed by atoms with van der Waals surface area (Å²) in [7, 11) is 0. The molecule has 0 aliphatic carbocycles. The molecule has 1 rings (SSSR count). The summed E-state index contributed by atoms with van der Waals surface area (Å²) >= 11 is 5.73. The van der Waals surface area contributed by atoms with E-state index in [1.807, 2.05) is 6.92 Å². The number of esters is 2. The molecule has 0 saturated heterocycles. The summed E-state index contributed by atoms with van der Waals surface area (Å²) in [5, 5.41) is 0.619. The van der Waals surface area contributed by atoms with Crippen LogP contribution >= 0.6 is 11.6 Å². The van der Waals surface area contributed by atoms with E-state index in [0.29, 0.717) is 11.6 Å². The third-order valence-electron chi connectivity index (χ3n) is 2.10. The van der Waals surface area contributed by atoms with Crippen molar-refractivity contribution in [1.82, 2.24) is 0 Å². The molecule has 0 fully saturated rings. The molecule has 0 radical (unpaired) electrons. The zero-order chi connectivity index (χ0) is 14.1. The second-order valence-electron chi connectivity index (χ2n) is 3.74. The van der Waals surface area contributed by atoms with E-state index in [9.17, 15) is 9.59 Å². The third-order valence-corrected chi connectivity index (χ3v) is 2.35. The first kappa shape index (κ1) is 15.2. The predicted octanol–water partition coefficient (Wildman–Crippen LogP) is 2.89. The third kappa shape index (κ3) is 6.62. The van der Waals surface area contributed by atoms with Crippen LogP contribution in [0.1, 0.15) is 18.9 Å². The molecule has 0 saturated carbocycles. The molecular weight excluding hydrogens is 268 g/mol. The van der Waals surface area contributed by atoms with Gasteiger partial charge >= 0.3 is 11.9 Å². The van der Waals surface area contributed by atoms with Crippen molar-refractivity contribution in [1.29, 1.82) is 0 Å². The van der Waals surface area contributed by atoms with Crippen LogP contribution in [0.2, 0.25) is 5.02 Å². The van der Waals surface area contributed by atoms with E-state index >= 15 is 0 Å². The second-order valence-corrected chi connectivity index (χ2v) is 4.17. The number of carbonyl (C=O) groups is 2. The summed E-state index contributed by atoms with van der Waals surface area (Å²) in [4.78, 5) is 22.4. The molecule has 0 aromatic heterocycles. The average Bonchev–Trinajstić information content (AvgIpc) is 2.42. The van der Waals surface area contributed by atoms with E-state index in [1.54, 1.807) is 24.3 Å². The van der Waals surface area contributed by atoms with Gasteiger partial charge in [0.25, 0.3) is 0 Å². The molecule has 0 spiro atoms. The molecular formula is C14H15ClO4. The molecule has 1 aromatic carbocycles. The first-order valence-corrected chi connectivity index (χ1v) is 6.25. The molecule has 0 unspecified atom stereocenters. The second kappa shape index (κ2) is 8.32. The number of ether oxygens (including phenoxy) is 2. The topological polar surface area (TPSA) is 52.6 Å². The number of hydrogen-bond acceptors (Lipinski definition) is 4. The number of carbonyl (C=O) groups excluding carboxylic acids is 2.